The fraction of sp³-hybridized carbons (Fsp3) is 0.522. The van der Waals surface area contributed by atoms with Crippen LogP contribution in [0.5, 0.6) is 5.88 Å². The van der Waals surface area contributed by atoms with E-state index < -0.39 is 9.84 Å². The number of carbonyl (C=O) groups excluding carboxylic acids is 1. The van der Waals surface area contributed by atoms with E-state index >= 15 is 0 Å². The number of amides is 1. The maximum Gasteiger partial charge on any atom is 0.409 e. The molecule has 1 aromatic heterocycles. The highest BCUT2D eigenvalue weighted by Gasteiger charge is 2.25. The van der Waals surface area contributed by atoms with Crippen LogP contribution in [-0.4, -0.2) is 61.9 Å². The van der Waals surface area contributed by atoms with Gasteiger partial charge in [0.1, 0.15) is 0 Å². The first-order valence-corrected chi connectivity index (χ1v) is 12.6. The predicted molar refractivity (Wildman–Crippen MR) is 121 cm³/mol. The summed E-state index contributed by atoms with van der Waals surface area (Å²) in [5.74, 6) is 0.778. The molecule has 2 heterocycles. The molecule has 2 aromatic rings. The van der Waals surface area contributed by atoms with E-state index in [1.54, 1.807) is 41.6 Å². The number of hydrogen-bond acceptors (Lipinski definition) is 7. The number of ether oxygens (including phenoxy) is 2. The molecule has 1 fully saturated rings. The smallest absolute Gasteiger partial charge is 0.409 e. The molecule has 8 nitrogen and oxygen atoms in total. The normalized spacial score (nSPS) is 15.4. The first-order chi connectivity index (χ1) is 15.0. The zero-order chi connectivity index (χ0) is 23.4. The van der Waals surface area contributed by atoms with Gasteiger partial charge in [-0.15, -0.1) is 0 Å². The molecule has 0 unspecified atom stereocenters. The summed E-state index contributed by atoms with van der Waals surface area (Å²) in [6.07, 6.45) is 5.81. The van der Waals surface area contributed by atoms with Crippen LogP contribution in [0.15, 0.2) is 41.6 Å². The van der Waals surface area contributed by atoms with Gasteiger partial charge in [-0.05, 0) is 36.3 Å². The minimum Gasteiger partial charge on any atom is -0.476 e. The van der Waals surface area contributed by atoms with Gasteiger partial charge in [0, 0.05) is 24.9 Å². The third-order valence-corrected chi connectivity index (χ3v) is 6.30. The highest BCUT2D eigenvalue weighted by molar-refractivity contribution is 7.90. The molecule has 0 radical (unpaired) electrons. The number of rotatable bonds is 6. The van der Waals surface area contributed by atoms with Crippen molar-refractivity contribution in [1.82, 2.24) is 14.9 Å². The van der Waals surface area contributed by atoms with Gasteiger partial charge in [0.15, 0.2) is 9.84 Å². The molecule has 1 saturated heterocycles. The highest BCUT2D eigenvalue weighted by atomic mass is 32.2. The summed E-state index contributed by atoms with van der Waals surface area (Å²) in [6.45, 7) is 8.35. The molecule has 0 atom stereocenters. The Kier molecular flexibility index (Phi) is 7.38. The lowest BCUT2D eigenvalue weighted by Gasteiger charge is -2.31. The first-order valence-electron chi connectivity index (χ1n) is 10.7. The molecule has 0 spiro atoms. The Hall–Kier alpha value is -2.68. The quantitative estimate of drug-likeness (QED) is 0.645. The van der Waals surface area contributed by atoms with E-state index in [2.05, 4.69) is 9.97 Å². The second-order valence-corrected chi connectivity index (χ2v) is 11.4. The fourth-order valence-corrected chi connectivity index (χ4v) is 3.90. The summed E-state index contributed by atoms with van der Waals surface area (Å²) in [6, 6.07) is 6.53. The van der Waals surface area contributed by atoms with Crippen molar-refractivity contribution in [3.05, 3.63) is 36.7 Å². The molecule has 1 amide bonds. The van der Waals surface area contributed by atoms with Crippen molar-refractivity contribution in [3.63, 3.8) is 0 Å². The minimum atomic E-state index is -3.23. The van der Waals surface area contributed by atoms with Crippen LogP contribution >= 0.6 is 0 Å². The Morgan fingerprint density at radius 3 is 2.28 bits per heavy atom. The lowest BCUT2D eigenvalue weighted by Crippen LogP contribution is -2.40. The lowest BCUT2D eigenvalue weighted by atomic mass is 9.98. The van der Waals surface area contributed by atoms with E-state index in [0.29, 0.717) is 43.8 Å². The Bertz CT molecular complexity index is 1010. The number of likely N-dealkylation sites (tertiary alicyclic amines) is 1. The van der Waals surface area contributed by atoms with Crippen LogP contribution in [0.4, 0.5) is 4.79 Å². The van der Waals surface area contributed by atoms with Crippen molar-refractivity contribution in [2.75, 3.05) is 32.6 Å². The molecular weight excluding hydrogens is 430 g/mol. The van der Waals surface area contributed by atoms with Crippen LogP contribution in [0.25, 0.3) is 11.3 Å². The van der Waals surface area contributed by atoms with Crippen molar-refractivity contribution in [3.8, 4) is 17.1 Å². The fourth-order valence-electron chi connectivity index (χ4n) is 3.27. The monoisotopic (exact) mass is 461 g/mol. The molecule has 1 aliphatic rings. The minimum absolute atomic E-state index is 0.0436. The summed E-state index contributed by atoms with van der Waals surface area (Å²) in [7, 11) is -3.23. The van der Waals surface area contributed by atoms with Gasteiger partial charge in [0.2, 0.25) is 5.88 Å². The third-order valence-electron chi connectivity index (χ3n) is 5.17. The van der Waals surface area contributed by atoms with Gasteiger partial charge < -0.3 is 14.4 Å². The number of benzene rings is 1. The molecular formula is C23H31N3O5S. The molecule has 1 aliphatic heterocycles. The number of piperidine rings is 1. The SMILES string of the molecule is CC(C)(C)COC(=O)N1CCC(COc2cnc(-c3ccc(S(C)(=O)=O)cc3)cn2)CC1. The van der Waals surface area contributed by atoms with Gasteiger partial charge in [-0.1, -0.05) is 32.9 Å². The molecule has 0 N–H and O–H groups in total. The Morgan fingerprint density at radius 1 is 1.09 bits per heavy atom. The van der Waals surface area contributed by atoms with Gasteiger partial charge in [-0.25, -0.2) is 23.2 Å². The Balaban J connectivity index is 1.45. The highest BCUT2D eigenvalue weighted by Crippen LogP contribution is 2.22. The Labute approximate surface area is 189 Å². The molecule has 9 heteroatoms. The van der Waals surface area contributed by atoms with Gasteiger partial charge in [-0.2, -0.15) is 0 Å². The first kappa shape index (κ1) is 24.0. The number of hydrogen-bond donors (Lipinski definition) is 0. The average molecular weight is 462 g/mol. The second-order valence-electron chi connectivity index (χ2n) is 9.39. The van der Waals surface area contributed by atoms with E-state index in [1.165, 1.54) is 6.26 Å². The summed E-state index contributed by atoms with van der Waals surface area (Å²) >= 11 is 0. The van der Waals surface area contributed by atoms with Crippen LogP contribution in [0, 0.1) is 11.3 Å². The van der Waals surface area contributed by atoms with Crippen molar-refractivity contribution in [1.29, 1.82) is 0 Å². The van der Waals surface area contributed by atoms with Crippen LogP contribution in [0.2, 0.25) is 0 Å². The van der Waals surface area contributed by atoms with Crippen molar-refractivity contribution < 1.29 is 22.7 Å². The molecule has 174 valence electrons. The Morgan fingerprint density at radius 2 is 1.75 bits per heavy atom. The van der Waals surface area contributed by atoms with E-state index in [1.807, 2.05) is 20.8 Å². The third kappa shape index (κ3) is 6.91. The zero-order valence-electron chi connectivity index (χ0n) is 19.1. The predicted octanol–water partition coefficient (Wildman–Crippen LogP) is 3.82. The van der Waals surface area contributed by atoms with Crippen molar-refractivity contribution in [2.45, 2.75) is 38.5 Å². The van der Waals surface area contributed by atoms with Gasteiger partial charge in [-0.3, -0.25) is 0 Å². The maximum absolute atomic E-state index is 12.2. The summed E-state index contributed by atoms with van der Waals surface area (Å²) in [5, 5.41) is 0. The number of nitrogens with zero attached hydrogens (tertiary/aromatic N) is 3. The molecule has 1 aromatic carbocycles. The van der Waals surface area contributed by atoms with Gasteiger partial charge in [0.25, 0.3) is 0 Å². The van der Waals surface area contributed by atoms with Crippen LogP contribution in [0.3, 0.4) is 0 Å². The van der Waals surface area contributed by atoms with Crippen LogP contribution in [0.1, 0.15) is 33.6 Å². The summed E-state index contributed by atoms with van der Waals surface area (Å²) in [4.78, 5) is 22.9. The van der Waals surface area contributed by atoms with Crippen molar-refractivity contribution in [2.24, 2.45) is 11.3 Å². The van der Waals surface area contributed by atoms with E-state index in [9.17, 15) is 13.2 Å². The van der Waals surface area contributed by atoms with Crippen LogP contribution in [-0.2, 0) is 14.6 Å². The lowest BCUT2D eigenvalue weighted by molar-refractivity contribution is 0.0578. The van der Waals surface area contributed by atoms with Crippen molar-refractivity contribution >= 4 is 15.9 Å². The van der Waals surface area contributed by atoms with Crippen LogP contribution < -0.4 is 4.74 Å². The molecule has 3 rings (SSSR count). The number of carbonyl (C=O) groups is 1. The van der Waals surface area contributed by atoms with Gasteiger partial charge >= 0.3 is 6.09 Å². The molecule has 0 aliphatic carbocycles. The van der Waals surface area contributed by atoms with E-state index in [0.717, 1.165) is 18.4 Å². The van der Waals surface area contributed by atoms with E-state index in [4.69, 9.17) is 9.47 Å². The van der Waals surface area contributed by atoms with Gasteiger partial charge in [0.05, 0.1) is 36.2 Å². The molecule has 32 heavy (non-hydrogen) atoms. The summed E-state index contributed by atoms with van der Waals surface area (Å²) in [5.41, 5.74) is 1.37. The number of sulfone groups is 1. The average Bonchev–Trinajstić information content (AvgIpc) is 2.76. The van der Waals surface area contributed by atoms with E-state index in [-0.39, 0.29) is 16.4 Å². The second kappa shape index (κ2) is 9.85. The zero-order valence-corrected chi connectivity index (χ0v) is 19.9. The number of aromatic nitrogens is 2. The molecule has 0 bridgehead atoms. The topological polar surface area (TPSA) is 98.7 Å². The summed E-state index contributed by atoms with van der Waals surface area (Å²) < 4.78 is 34.3. The molecule has 0 saturated carbocycles. The maximum atomic E-state index is 12.2. The standard InChI is InChI=1S/C23H31N3O5S/c1-23(2,3)16-31-22(27)26-11-9-17(10-12-26)15-30-21-14-24-20(13-25-21)18-5-7-19(8-6-18)32(4,28)29/h5-8,13-14,17H,9-12,15-16H2,1-4H3. The largest absolute Gasteiger partial charge is 0.476 e.